The molecule has 374 valence electrons. The molecule has 0 aliphatic heterocycles. The number of amides is 2. The summed E-state index contributed by atoms with van der Waals surface area (Å²) in [5, 5.41) is 10.2. The zero-order chi connectivity index (χ0) is 51.4. The van der Waals surface area contributed by atoms with E-state index in [2.05, 4.69) is 36.2 Å². The Morgan fingerprint density at radius 2 is 1.25 bits per heavy atom. The number of rotatable bonds is 20. The monoisotopic (exact) mass is 998 g/mol. The van der Waals surface area contributed by atoms with Crippen LogP contribution >= 0.6 is 11.3 Å². The molecule has 0 fully saturated rings. The number of thiazole rings is 1. The van der Waals surface area contributed by atoms with E-state index >= 15 is 0 Å². The van der Waals surface area contributed by atoms with Crippen molar-refractivity contribution >= 4 is 35.6 Å². The first-order valence-corrected chi connectivity index (χ1v) is 24.6. The van der Waals surface area contributed by atoms with Crippen LogP contribution in [0.3, 0.4) is 0 Å². The minimum absolute atomic E-state index is 0.0773. The number of methoxy groups -OCH3 is 1. The standard InChI is InChI=1S/C30H30N2O4.C29H28N2O5S/c1-4-32(30(33)36-27-19-17-26(34-3)18-20-27)21-24-15-13-23(14-16-24)9-8-12-28-22(2)35-29(31-28)25-10-6-5-7-11-25;1-21-26(30-28(37-21)24-10-6-3-7-11-24)16-17-35-25-14-12-22(13-15-25)18-31(19-27(32)33)29(34)36-20-23-8-4-2-5-9-23/h5-11,13-20H,4,12,21H2,1-3H3;2-15H,16-20H2,1H3,(H,32,33)/b9-8+;. The number of ether oxygens (including phenoxy) is 4. The fourth-order valence-corrected chi connectivity index (χ4v) is 8.36. The van der Waals surface area contributed by atoms with Crippen LogP contribution in [0.25, 0.3) is 28.1 Å². The van der Waals surface area contributed by atoms with E-state index in [1.807, 2.05) is 141 Å². The second-order valence-corrected chi connectivity index (χ2v) is 17.9. The van der Waals surface area contributed by atoms with Crippen molar-refractivity contribution in [2.75, 3.05) is 26.8 Å². The van der Waals surface area contributed by atoms with E-state index in [1.165, 1.54) is 4.88 Å². The van der Waals surface area contributed by atoms with Crippen molar-refractivity contribution < 1.29 is 42.9 Å². The van der Waals surface area contributed by atoms with Crippen LogP contribution in [-0.2, 0) is 42.1 Å². The first-order chi connectivity index (χ1) is 35.5. The van der Waals surface area contributed by atoms with E-state index in [4.69, 9.17) is 28.3 Å². The SMILES string of the molecule is CCN(Cc1ccc(/C=C/Cc2nc(-c3ccccc3)oc2C)cc1)C(=O)Oc1ccc(OC)cc1.Cc1sc(-c2ccccc2)nc1CCOc1ccc(CN(CC(=O)O)C(=O)OCc2ccccc2)cc1. The summed E-state index contributed by atoms with van der Waals surface area (Å²) >= 11 is 1.68. The number of aliphatic carboxylic acids is 1. The Hall–Kier alpha value is -8.49. The molecule has 14 heteroatoms. The molecule has 8 aromatic rings. The van der Waals surface area contributed by atoms with Gasteiger partial charge in [0.25, 0.3) is 0 Å². The van der Waals surface area contributed by atoms with Crippen LogP contribution in [0.15, 0.2) is 174 Å². The lowest BCUT2D eigenvalue weighted by atomic mass is 10.1. The molecule has 0 aliphatic carbocycles. The summed E-state index contributed by atoms with van der Waals surface area (Å²) in [6, 6.07) is 51.6. The van der Waals surface area contributed by atoms with E-state index in [9.17, 15) is 19.5 Å². The smallest absolute Gasteiger partial charge is 0.415 e. The molecule has 0 bridgehead atoms. The highest BCUT2D eigenvalue weighted by molar-refractivity contribution is 7.15. The van der Waals surface area contributed by atoms with Gasteiger partial charge in [-0.1, -0.05) is 127 Å². The molecule has 0 saturated carbocycles. The minimum atomic E-state index is -1.11. The third-order valence-electron chi connectivity index (χ3n) is 11.4. The number of hydrogen-bond acceptors (Lipinski definition) is 11. The molecule has 2 aromatic heterocycles. The molecule has 0 aliphatic rings. The third kappa shape index (κ3) is 16.0. The number of benzene rings is 6. The van der Waals surface area contributed by atoms with Crippen molar-refractivity contribution in [1.82, 2.24) is 19.8 Å². The van der Waals surface area contributed by atoms with Crippen molar-refractivity contribution in [3.63, 3.8) is 0 Å². The molecule has 0 atom stereocenters. The van der Waals surface area contributed by atoms with Crippen LogP contribution < -0.4 is 14.2 Å². The zero-order valence-electron chi connectivity index (χ0n) is 41.3. The molecule has 13 nitrogen and oxygen atoms in total. The van der Waals surface area contributed by atoms with Crippen molar-refractivity contribution in [3.8, 4) is 39.3 Å². The quantitative estimate of drug-likeness (QED) is 0.0776. The number of carbonyl (C=O) groups excluding carboxylic acids is 2. The van der Waals surface area contributed by atoms with Gasteiger partial charge in [0.2, 0.25) is 5.89 Å². The van der Waals surface area contributed by atoms with Crippen LogP contribution in [0.4, 0.5) is 9.59 Å². The topological polar surface area (TPSA) is 154 Å². The fraction of sp³-hybridized carbons (Fsp3) is 0.203. The molecule has 6 aromatic carbocycles. The molecule has 2 heterocycles. The van der Waals surface area contributed by atoms with Crippen LogP contribution in [0.2, 0.25) is 0 Å². The number of aryl methyl sites for hydroxylation is 2. The van der Waals surface area contributed by atoms with Gasteiger partial charge in [-0.05, 0) is 91.6 Å². The predicted octanol–water partition coefficient (Wildman–Crippen LogP) is 12.9. The summed E-state index contributed by atoms with van der Waals surface area (Å²) in [6.07, 6.45) is 4.46. The van der Waals surface area contributed by atoms with E-state index in [-0.39, 0.29) is 19.2 Å². The van der Waals surface area contributed by atoms with Crippen molar-refractivity contribution in [1.29, 1.82) is 0 Å². The number of carbonyl (C=O) groups is 3. The van der Waals surface area contributed by atoms with Gasteiger partial charge in [0.1, 0.15) is 41.2 Å². The summed E-state index contributed by atoms with van der Waals surface area (Å²) in [7, 11) is 1.60. The number of aromatic nitrogens is 2. The zero-order valence-corrected chi connectivity index (χ0v) is 42.1. The average Bonchev–Trinajstić information content (AvgIpc) is 3.99. The number of hydrogen-bond donors (Lipinski definition) is 1. The van der Waals surface area contributed by atoms with Gasteiger partial charge in [0.05, 0.1) is 25.1 Å². The first kappa shape index (κ1) is 52.3. The molecule has 1 N–H and O–H groups in total. The van der Waals surface area contributed by atoms with Crippen LogP contribution in [0.1, 0.15) is 51.2 Å². The van der Waals surface area contributed by atoms with Crippen LogP contribution in [0.5, 0.6) is 17.2 Å². The van der Waals surface area contributed by atoms with Gasteiger partial charge in [-0.2, -0.15) is 0 Å². The summed E-state index contributed by atoms with van der Waals surface area (Å²) in [4.78, 5) is 49.9. The molecule has 0 unspecified atom stereocenters. The molecule has 0 radical (unpaired) electrons. The maximum Gasteiger partial charge on any atom is 0.415 e. The maximum atomic E-state index is 12.6. The van der Waals surface area contributed by atoms with Crippen molar-refractivity contribution in [2.24, 2.45) is 0 Å². The normalized spacial score (nSPS) is 10.8. The Morgan fingerprint density at radius 3 is 1.88 bits per heavy atom. The highest BCUT2D eigenvalue weighted by Crippen LogP contribution is 2.28. The molecule has 0 spiro atoms. The molecule has 2 amide bonds. The van der Waals surface area contributed by atoms with E-state index in [1.54, 1.807) is 47.6 Å². The lowest BCUT2D eigenvalue weighted by molar-refractivity contribution is -0.138. The first-order valence-electron chi connectivity index (χ1n) is 23.8. The van der Waals surface area contributed by atoms with Crippen LogP contribution in [0, 0.1) is 13.8 Å². The van der Waals surface area contributed by atoms with E-state index in [0.717, 1.165) is 60.4 Å². The Balaban J connectivity index is 0.000000214. The highest BCUT2D eigenvalue weighted by atomic mass is 32.1. The largest absolute Gasteiger partial charge is 0.497 e. The molecule has 8 rings (SSSR count). The van der Waals surface area contributed by atoms with Gasteiger partial charge in [0, 0.05) is 48.5 Å². The van der Waals surface area contributed by atoms with Crippen molar-refractivity contribution in [2.45, 2.75) is 53.3 Å². The Morgan fingerprint density at radius 1 is 0.658 bits per heavy atom. The van der Waals surface area contributed by atoms with Gasteiger partial charge in [-0.15, -0.1) is 11.3 Å². The lowest BCUT2D eigenvalue weighted by Crippen LogP contribution is -2.35. The predicted molar refractivity (Wildman–Crippen MR) is 284 cm³/mol. The maximum absolute atomic E-state index is 12.6. The highest BCUT2D eigenvalue weighted by Gasteiger charge is 2.20. The molecular formula is C59H58N4O9S. The average molecular weight is 999 g/mol. The van der Waals surface area contributed by atoms with E-state index < -0.39 is 18.6 Å². The van der Waals surface area contributed by atoms with Gasteiger partial charge in [0.15, 0.2) is 0 Å². The van der Waals surface area contributed by atoms with Gasteiger partial charge < -0.3 is 33.4 Å². The van der Waals surface area contributed by atoms with Crippen molar-refractivity contribution in [3.05, 3.63) is 214 Å². The molecular weight excluding hydrogens is 941 g/mol. The van der Waals surface area contributed by atoms with Gasteiger partial charge in [-0.3, -0.25) is 9.69 Å². The minimum Gasteiger partial charge on any atom is -0.497 e. The Bertz CT molecular complexity index is 3020. The second kappa shape index (κ2) is 26.6. The third-order valence-corrected chi connectivity index (χ3v) is 12.5. The number of allylic oxidation sites excluding steroid dienone is 1. The number of oxazole rings is 1. The molecule has 73 heavy (non-hydrogen) atoms. The molecule has 0 saturated heterocycles. The Labute approximate surface area is 429 Å². The number of carboxylic acid groups (broad SMARTS) is 1. The second-order valence-electron chi connectivity index (χ2n) is 16.7. The van der Waals surface area contributed by atoms with E-state index in [0.29, 0.717) is 55.7 Å². The summed E-state index contributed by atoms with van der Waals surface area (Å²) in [5.74, 6) is 2.25. The van der Waals surface area contributed by atoms with Gasteiger partial charge >= 0.3 is 18.2 Å². The van der Waals surface area contributed by atoms with Gasteiger partial charge in [-0.25, -0.2) is 19.6 Å². The summed E-state index contributed by atoms with van der Waals surface area (Å²) in [5.41, 5.74) is 7.74. The summed E-state index contributed by atoms with van der Waals surface area (Å²) < 4.78 is 27.7. The number of nitrogens with zero attached hydrogens (tertiary/aromatic N) is 4. The Kier molecular flexibility index (Phi) is 19.1. The fourth-order valence-electron chi connectivity index (χ4n) is 7.40. The number of carboxylic acids is 1. The van der Waals surface area contributed by atoms with Crippen LogP contribution in [-0.4, -0.2) is 69.8 Å². The summed E-state index contributed by atoms with van der Waals surface area (Å²) in [6.45, 7) is 7.17. The lowest BCUT2D eigenvalue weighted by Gasteiger charge is -2.20.